The molecule has 27 heavy (non-hydrogen) atoms. The monoisotopic (exact) mass is 390 g/mol. The number of rotatable bonds is 4. The van der Waals surface area contributed by atoms with Gasteiger partial charge in [0.25, 0.3) is 5.91 Å². The SMILES string of the molecule is COc1cnc(C(=O)Nc2ccc(F)c(C3(C)CCSC(N)=N3)c2)c(N)n1. The van der Waals surface area contributed by atoms with E-state index < -0.39 is 17.3 Å². The number of nitrogens with two attached hydrogens (primary N) is 2. The number of anilines is 2. The number of carbonyl (C=O) groups is 1. The molecule has 0 spiro atoms. The van der Waals surface area contributed by atoms with Crippen molar-refractivity contribution in [2.45, 2.75) is 18.9 Å². The van der Waals surface area contributed by atoms with Crippen molar-refractivity contribution < 1.29 is 13.9 Å². The molecule has 0 aliphatic carbocycles. The van der Waals surface area contributed by atoms with Gasteiger partial charge in [-0.25, -0.2) is 9.37 Å². The van der Waals surface area contributed by atoms with E-state index in [2.05, 4.69) is 20.3 Å². The van der Waals surface area contributed by atoms with Crippen molar-refractivity contribution in [2.24, 2.45) is 10.7 Å². The molecule has 1 amide bonds. The zero-order chi connectivity index (χ0) is 19.6. The van der Waals surface area contributed by atoms with Gasteiger partial charge in [0.2, 0.25) is 5.88 Å². The quantitative estimate of drug-likeness (QED) is 0.729. The average molecular weight is 390 g/mol. The second kappa shape index (κ2) is 7.39. The molecule has 0 saturated heterocycles. The molecule has 10 heteroatoms. The number of carbonyl (C=O) groups excluding carboxylic acids is 1. The number of benzene rings is 1. The smallest absolute Gasteiger partial charge is 0.278 e. The Bertz CT molecular complexity index is 922. The van der Waals surface area contributed by atoms with Crippen LogP contribution in [0.1, 0.15) is 29.4 Å². The highest BCUT2D eigenvalue weighted by atomic mass is 32.2. The molecular weight excluding hydrogens is 371 g/mol. The second-order valence-corrected chi connectivity index (χ2v) is 7.23. The van der Waals surface area contributed by atoms with Crippen molar-refractivity contribution in [2.75, 3.05) is 23.9 Å². The lowest BCUT2D eigenvalue weighted by molar-refractivity contribution is 0.102. The number of ether oxygens (including phenoxy) is 1. The summed E-state index contributed by atoms with van der Waals surface area (Å²) in [6.45, 7) is 1.82. The van der Waals surface area contributed by atoms with E-state index in [1.807, 2.05) is 6.92 Å². The number of nitrogen functional groups attached to an aromatic ring is 1. The van der Waals surface area contributed by atoms with Crippen LogP contribution < -0.4 is 21.5 Å². The predicted molar refractivity (Wildman–Crippen MR) is 103 cm³/mol. The van der Waals surface area contributed by atoms with Gasteiger partial charge in [0.15, 0.2) is 16.7 Å². The van der Waals surface area contributed by atoms with E-state index in [4.69, 9.17) is 16.2 Å². The first kappa shape index (κ1) is 18.9. The van der Waals surface area contributed by atoms with E-state index >= 15 is 0 Å². The number of aromatic nitrogens is 2. The lowest BCUT2D eigenvalue weighted by Crippen LogP contribution is -2.30. The zero-order valence-corrected chi connectivity index (χ0v) is 15.6. The molecule has 0 radical (unpaired) electrons. The van der Waals surface area contributed by atoms with Crippen LogP contribution in [0.5, 0.6) is 5.88 Å². The summed E-state index contributed by atoms with van der Waals surface area (Å²) in [4.78, 5) is 24.7. The zero-order valence-electron chi connectivity index (χ0n) is 14.8. The Morgan fingerprint density at radius 1 is 1.41 bits per heavy atom. The van der Waals surface area contributed by atoms with Crippen LogP contribution in [-0.2, 0) is 5.54 Å². The molecule has 0 fully saturated rings. The highest BCUT2D eigenvalue weighted by Crippen LogP contribution is 2.37. The van der Waals surface area contributed by atoms with Crippen molar-refractivity contribution in [1.29, 1.82) is 0 Å². The minimum atomic E-state index is -0.793. The van der Waals surface area contributed by atoms with Gasteiger partial charge < -0.3 is 21.5 Å². The third-order valence-electron chi connectivity index (χ3n) is 4.20. The summed E-state index contributed by atoms with van der Waals surface area (Å²) in [6.07, 6.45) is 1.92. The van der Waals surface area contributed by atoms with Crippen LogP contribution in [0.4, 0.5) is 15.9 Å². The number of nitrogens with one attached hydrogen (secondary N) is 1. The molecule has 1 unspecified atom stereocenters. The van der Waals surface area contributed by atoms with Crippen molar-refractivity contribution in [3.63, 3.8) is 0 Å². The van der Waals surface area contributed by atoms with Gasteiger partial charge in [-0.3, -0.25) is 9.79 Å². The van der Waals surface area contributed by atoms with Crippen molar-refractivity contribution >= 4 is 34.3 Å². The summed E-state index contributed by atoms with van der Waals surface area (Å²) in [7, 11) is 1.42. The largest absolute Gasteiger partial charge is 0.480 e. The minimum absolute atomic E-state index is 0.0516. The summed E-state index contributed by atoms with van der Waals surface area (Å²) in [5.74, 6) is -0.107. The highest BCUT2D eigenvalue weighted by Gasteiger charge is 2.32. The minimum Gasteiger partial charge on any atom is -0.480 e. The maximum absolute atomic E-state index is 14.4. The molecular formula is C17H19FN6O2S. The van der Waals surface area contributed by atoms with Gasteiger partial charge in [0.05, 0.1) is 18.8 Å². The maximum atomic E-state index is 14.4. The number of nitrogens with zero attached hydrogens (tertiary/aromatic N) is 3. The third-order valence-corrected chi connectivity index (χ3v) is 5.00. The van der Waals surface area contributed by atoms with Crippen LogP contribution in [0.2, 0.25) is 0 Å². The summed E-state index contributed by atoms with van der Waals surface area (Å²) < 4.78 is 19.4. The molecule has 5 N–H and O–H groups in total. The molecule has 1 aromatic carbocycles. The molecule has 2 heterocycles. The number of methoxy groups -OCH3 is 1. The Kier molecular flexibility index (Phi) is 5.17. The molecule has 1 atom stereocenters. The van der Waals surface area contributed by atoms with Gasteiger partial charge in [-0.2, -0.15) is 4.98 Å². The molecule has 1 aromatic heterocycles. The van der Waals surface area contributed by atoms with Crippen molar-refractivity contribution in [1.82, 2.24) is 9.97 Å². The average Bonchev–Trinajstić information content (AvgIpc) is 2.62. The van der Waals surface area contributed by atoms with Gasteiger partial charge in [0.1, 0.15) is 5.82 Å². The Morgan fingerprint density at radius 3 is 2.85 bits per heavy atom. The molecule has 8 nitrogen and oxygen atoms in total. The van der Waals surface area contributed by atoms with Crippen molar-refractivity contribution in [3.05, 3.63) is 41.5 Å². The number of thioether (sulfide) groups is 1. The van der Waals surface area contributed by atoms with Crippen LogP contribution in [-0.4, -0.2) is 33.9 Å². The maximum Gasteiger partial charge on any atom is 0.278 e. The second-order valence-electron chi connectivity index (χ2n) is 6.12. The summed E-state index contributed by atoms with van der Waals surface area (Å²) >= 11 is 1.43. The van der Waals surface area contributed by atoms with Crippen LogP contribution in [0, 0.1) is 5.82 Å². The lowest BCUT2D eigenvalue weighted by Gasteiger charge is -2.30. The number of hydrogen-bond donors (Lipinski definition) is 3. The van der Waals surface area contributed by atoms with Crippen LogP contribution in [0.15, 0.2) is 29.4 Å². The van der Waals surface area contributed by atoms with Crippen LogP contribution in [0.3, 0.4) is 0 Å². The Hall–Kier alpha value is -2.88. The van der Waals surface area contributed by atoms with E-state index in [0.29, 0.717) is 22.8 Å². The fraction of sp³-hybridized carbons (Fsp3) is 0.294. The van der Waals surface area contributed by atoms with Gasteiger partial charge in [-0.1, -0.05) is 11.8 Å². The van der Waals surface area contributed by atoms with E-state index in [0.717, 1.165) is 5.75 Å². The molecule has 0 bridgehead atoms. The van der Waals surface area contributed by atoms with Gasteiger partial charge >= 0.3 is 0 Å². The van der Waals surface area contributed by atoms with Gasteiger partial charge in [0, 0.05) is 17.0 Å². The first-order chi connectivity index (χ1) is 12.8. The number of amidine groups is 1. The third kappa shape index (κ3) is 3.95. The topological polar surface area (TPSA) is 129 Å². The fourth-order valence-corrected chi connectivity index (χ4v) is 3.72. The Balaban J connectivity index is 1.88. The number of amides is 1. The molecule has 3 rings (SSSR count). The molecule has 142 valence electrons. The van der Waals surface area contributed by atoms with E-state index in [9.17, 15) is 9.18 Å². The Morgan fingerprint density at radius 2 is 2.19 bits per heavy atom. The lowest BCUT2D eigenvalue weighted by atomic mass is 9.89. The number of halogens is 1. The van der Waals surface area contributed by atoms with Crippen molar-refractivity contribution in [3.8, 4) is 5.88 Å². The van der Waals surface area contributed by atoms with Crippen LogP contribution >= 0.6 is 11.8 Å². The Labute approximate surface area is 159 Å². The normalized spacial score (nSPS) is 19.3. The molecule has 1 aliphatic rings. The van der Waals surface area contributed by atoms with E-state index in [-0.39, 0.29) is 17.4 Å². The van der Waals surface area contributed by atoms with Crippen LogP contribution in [0.25, 0.3) is 0 Å². The number of hydrogen-bond acceptors (Lipinski definition) is 8. The predicted octanol–water partition coefficient (Wildman–Crippen LogP) is 2.13. The summed E-state index contributed by atoms with van der Waals surface area (Å²) in [5, 5.41) is 3.07. The first-order valence-corrected chi connectivity index (χ1v) is 9.07. The summed E-state index contributed by atoms with van der Waals surface area (Å²) in [5.41, 5.74) is 11.5. The summed E-state index contributed by atoms with van der Waals surface area (Å²) in [6, 6.07) is 4.29. The molecule has 1 aliphatic heterocycles. The highest BCUT2D eigenvalue weighted by molar-refractivity contribution is 8.13. The molecule has 0 saturated carbocycles. The molecule has 2 aromatic rings. The number of aliphatic imine (C=N–C) groups is 1. The fourth-order valence-electron chi connectivity index (χ4n) is 2.75. The standard InChI is InChI=1S/C17H19FN6O2S/c1-17(5-6-27-16(20)24-17)10-7-9(3-4-11(10)18)22-15(25)13-14(19)23-12(26-2)8-21-13/h3-4,7-8H,5-6H2,1-2H3,(H2,19,23)(H2,20,24)(H,22,25). The first-order valence-electron chi connectivity index (χ1n) is 8.08. The van der Waals surface area contributed by atoms with Gasteiger partial charge in [-0.15, -0.1) is 0 Å². The van der Waals surface area contributed by atoms with Gasteiger partial charge in [-0.05, 0) is 31.5 Å². The van der Waals surface area contributed by atoms with E-state index in [1.165, 1.54) is 37.2 Å². The van der Waals surface area contributed by atoms with E-state index in [1.54, 1.807) is 6.07 Å².